The first-order valence-electron chi connectivity index (χ1n) is 5.30. The monoisotopic (exact) mass is 303 g/mol. The number of hydrogen-bond donors (Lipinski definition) is 1. The molecule has 1 rings (SSSR count). The smallest absolute Gasteiger partial charge is 0.182 e. The standard InChI is InChI=1S/C12H15BrFNO2/c1-17-7-3-6-10(15)12(16)8-4-2-5-9(13)11(8)14/h2,4-5,10H,3,6-7,15H2,1H3. The van der Waals surface area contributed by atoms with E-state index in [-0.39, 0.29) is 15.8 Å². The normalized spacial score (nSPS) is 12.5. The minimum absolute atomic E-state index is 0.0318. The molecule has 0 aliphatic heterocycles. The van der Waals surface area contributed by atoms with E-state index in [1.54, 1.807) is 19.2 Å². The molecule has 0 saturated heterocycles. The lowest BCUT2D eigenvalue weighted by Crippen LogP contribution is -2.31. The minimum atomic E-state index is -0.686. The van der Waals surface area contributed by atoms with E-state index >= 15 is 0 Å². The number of methoxy groups -OCH3 is 1. The van der Waals surface area contributed by atoms with Gasteiger partial charge in [0.15, 0.2) is 5.78 Å². The van der Waals surface area contributed by atoms with Crippen molar-refractivity contribution in [2.75, 3.05) is 13.7 Å². The molecule has 2 N–H and O–H groups in total. The molecule has 0 aliphatic rings. The Labute approximate surface area is 108 Å². The zero-order valence-corrected chi connectivity index (χ0v) is 11.2. The molecule has 0 bridgehead atoms. The maximum absolute atomic E-state index is 13.7. The number of halogens is 2. The molecule has 0 spiro atoms. The molecule has 1 aromatic carbocycles. The first-order valence-corrected chi connectivity index (χ1v) is 6.10. The highest BCUT2D eigenvalue weighted by molar-refractivity contribution is 9.10. The Morgan fingerprint density at radius 1 is 1.59 bits per heavy atom. The van der Waals surface area contributed by atoms with E-state index in [1.165, 1.54) is 6.07 Å². The van der Waals surface area contributed by atoms with Gasteiger partial charge in [0.2, 0.25) is 0 Å². The van der Waals surface area contributed by atoms with Crippen LogP contribution in [-0.2, 0) is 4.74 Å². The van der Waals surface area contributed by atoms with Gasteiger partial charge in [-0.15, -0.1) is 0 Å². The van der Waals surface area contributed by atoms with Crippen molar-refractivity contribution < 1.29 is 13.9 Å². The number of ketones is 1. The van der Waals surface area contributed by atoms with Gasteiger partial charge in [0.25, 0.3) is 0 Å². The molecule has 1 atom stereocenters. The molecule has 94 valence electrons. The van der Waals surface area contributed by atoms with Gasteiger partial charge >= 0.3 is 0 Å². The summed E-state index contributed by atoms with van der Waals surface area (Å²) < 4.78 is 18.8. The Kier molecular flexibility index (Phi) is 5.74. The van der Waals surface area contributed by atoms with Crippen molar-refractivity contribution in [3.05, 3.63) is 34.1 Å². The van der Waals surface area contributed by atoms with E-state index in [0.717, 1.165) is 0 Å². The Bertz CT molecular complexity index is 398. The van der Waals surface area contributed by atoms with Crippen LogP contribution in [0.1, 0.15) is 23.2 Å². The van der Waals surface area contributed by atoms with E-state index in [0.29, 0.717) is 19.4 Å². The van der Waals surface area contributed by atoms with Crippen molar-refractivity contribution in [1.82, 2.24) is 0 Å². The fourth-order valence-corrected chi connectivity index (χ4v) is 1.84. The molecule has 0 amide bonds. The molecule has 0 aromatic heterocycles. The maximum Gasteiger partial charge on any atom is 0.182 e. The number of rotatable bonds is 6. The third kappa shape index (κ3) is 3.87. The highest BCUT2D eigenvalue weighted by Crippen LogP contribution is 2.20. The van der Waals surface area contributed by atoms with Crippen LogP contribution >= 0.6 is 15.9 Å². The molecular weight excluding hydrogens is 289 g/mol. The molecule has 1 aromatic rings. The number of nitrogens with two attached hydrogens (primary N) is 1. The lowest BCUT2D eigenvalue weighted by Gasteiger charge is -2.11. The molecule has 3 nitrogen and oxygen atoms in total. The second-order valence-corrected chi connectivity index (χ2v) is 4.56. The summed E-state index contributed by atoms with van der Waals surface area (Å²) >= 11 is 3.04. The third-order valence-electron chi connectivity index (χ3n) is 2.42. The van der Waals surface area contributed by atoms with Crippen LogP contribution < -0.4 is 5.73 Å². The number of hydrogen-bond acceptors (Lipinski definition) is 3. The topological polar surface area (TPSA) is 52.3 Å². The van der Waals surface area contributed by atoms with Crippen LogP contribution in [0.5, 0.6) is 0 Å². The Balaban J connectivity index is 2.71. The molecule has 0 heterocycles. The van der Waals surface area contributed by atoms with Gasteiger partial charge in [-0.25, -0.2) is 4.39 Å². The van der Waals surface area contributed by atoms with Crippen molar-refractivity contribution in [1.29, 1.82) is 0 Å². The summed E-state index contributed by atoms with van der Waals surface area (Å²) in [6, 6.07) is 3.91. The second kappa shape index (κ2) is 6.83. The van der Waals surface area contributed by atoms with Crippen LogP contribution in [0.25, 0.3) is 0 Å². The SMILES string of the molecule is COCCCC(N)C(=O)c1cccc(Br)c1F. The zero-order valence-electron chi connectivity index (χ0n) is 9.58. The highest BCUT2D eigenvalue weighted by Gasteiger charge is 2.19. The van der Waals surface area contributed by atoms with Gasteiger partial charge in [0.05, 0.1) is 16.1 Å². The fourth-order valence-electron chi connectivity index (χ4n) is 1.47. The molecule has 0 aliphatic carbocycles. The van der Waals surface area contributed by atoms with Crippen LogP contribution in [0.4, 0.5) is 4.39 Å². The average Bonchev–Trinajstić information content (AvgIpc) is 2.32. The fraction of sp³-hybridized carbons (Fsp3) is 0.417. The van der Waals surface area contributed by atoms with Crippen molar-refractivity contribution in [3.63, 3.8) is 0 Å². The lowest BCUT2D eigenvalue weighted by atomic mass is 10.0. The Hall–Kier alpha value is -0.780. The van der Waals surface area contributed by atoms with E-state index in [4.69, 9.17) is 10.5 Å². The molecule has 0 fully saturated rings. The average molecular weight is 304 g/mol. The number of carbonyl (C=O) groups excluding carboxylic acids is 1. The van der Waals surface area contributed by atoms with Crippen molar-refractivity contribution in [2.45, 2.75) is 18.9 Å². The predicted octanol–water partition coefficient (Wildman–Crippen LogP) is 2.52. The largest absolute Gasteiger partial charge is 0.385 e. The lowest BCUT2D eigenvalue weighted by molar-refractivity contribution is 0.0946. The van der Waals surface area contributed by atoms with Crippen LogP contribution in [0.3, 0.4) is 0 Å². The molecule has 17 heavy (non-hydrogen) atoms. The summed E-state index contributed by atoms with van der Waals surface area (Å²) in [5, 5.41) is 0. The molecule has 5 heteroatoms. The Morgan fingerprint density at radius 2 is 2.29 bits per heavy atom. The van der Waals surface area contributed by atoms with Gasteiger partial charge in [0.1, 0.15) is 5.82 Å². The summed E-state index contributed by atoms with van der Waals surface area (Å²) in [5.74, 6) is -0.931. The molecule has 0 radical (unpaired) electrons. The van der Waals surface area contributed by atoms with Crippen LogP contribution in [-0.4, -0.2) is 25.5 Å². The predicted molar refractivity (Wildman–Crippen MR) is 67.5 cm³/mol. The van der Waals surface area contributed by atoms with E-state index < -0.39 is 11.9 Å². The second-order valence-electron chi connectivity index (χ2n) is 3.71. The van der Waals surface area contributed by atoms with E-state index in [9.17, 15) is 9.18 Å². The van der Waals surface area contributed by atoms with Crippen molar-refractivity contribution in [2.24, 2.45) is 5.73 Å². The summed E-state index contributed by atoms with van der Waals surface area (Å²) in [5.41, 5.74) is 5.75. The van der Waals surface area contributed by atoms with Gasteiger partial charge in [-0.1, -0.05) is 6.07 Å². The van der Waals surface area contributed by atoms with E-state index in [2.05, 4.69) is 15.9 Å². The summed E-state index contributed by atoms with van der Waals surface area (Å²) in [6.45, 7) is 0.544. The van der Waals surface area contributed by atoms with Crippen LogP contribution in [0.15, 0.2) is 22.7 Å². The van der Waals surface area contributed by atoms with Gasteiger partial charge in [0, 0.05) is 13.7 Å². The van der Waals surface area contributed by atoms with Gasteiger partial charge in [-0.05, 0) is 40.9 Å². The summed E-state index contributed by atoms with van der Waals surface area (Å²) in [7, 11) is 1.58. The van der Waals surface area contributed by atoms with Crippen molar-refractivity contribution in [3.8, 4) is 0 Å². The quantitative estimate of drug-likeness (QED) is 0.649. The van der Waals surface area contributed by atoms with Crippen molar-refractivity contribution >= 4 is 21.7 Å². The Morgan fingerprint density at radius 3 is 2.94 bits per heavy atom. The van der Waals surface area contributed by atoms with Crippen LogP contribution in [0, 0.1) is 5.82 Å². The first kappa shape index (κ1) is 14.3. The number of ether oxygens (including phenoxy) is 1. The number of benzene rings is 1. The van der Waals surface area contributed by atoms with Gasteiger partial charge in [-0.3, -0.25) is 4.79 Å². The zero-order chi connectivity index (χ0) is 12.8. The molecule has 1 unspecified atom stereocenters. The maximum atomic E-state index is 13.7. The van der Waals surface area contributed by atoms with Gasteiger partial charge < -0.3 is 10.5 Å². The third-order valence-corrected chi connectivity index (χ3v) is 3.03. The summed E-state index contributed by atoms with van der Waals surface area (Å²) in [6.07, 6.45) is 1.16. The minimum Gasteiger partial charge on any atom is -0.385 e. The molecule has 0 saturated carbocycles. The number of Topliss-reactive ketones (excluding diaryl/α,β-unsaturated/α-hetero) is 1. The number of carbonyl (C=O) groups is 1. The summed E-state index contributed by atoms with van der Waals surface area (Å²) in [4.78, 5) is 11.9. The first-order chi connectivity index (χ1) is 8.07. The van der Waals surface area contributed by atoms with Gasteiger partial charge in [-0.2, -0.15) is 0 Å². The van der Waals surface area contributed by atoms with Crippen LogP contribution in [0.2, 0.25) is 0 Å². The highest BCUT2D eigenvalue weighted by atomic mass is 79.9. The van der Waals surface area contributed by atoms with E-state index in [1.807, 2.05) is 0 Å². The molecular formula is C12H15BrFNO2.